The van der Waals surface area contributed by atoms with E-state index in [0.29, 0.717) is 0 Å². The summed E-state index contributed by atoms with van der Waals surface area (Å²) in [5.74, 6) is -2.99. The molecule has 1 aromatic carbocycles. The number of alkyl carbamates (subject to hydrolysis) is 1. The Bertz CT molecular complexity index is 542. The highest BCUT2D eigenvalue weighted by Crippen LogP contribution is 2.22. The fourth-order valence-electron chi connectivity index (χ4n) is 1.58. The first kappa shape index (κ1) is 17.2. The van der Waals surface area contributed by atoms with Gasteiger partial charge < -0.3 is 15.2 Å². The highest BCUT2D eigenvalue weighted by atomic mass is 35.5. The van der Waals surface area contributed by atoms with Gasteiger partial charge in [-0.15, -0.1) is 0 Å². The monoisotopic (exact) mass is 317 g/mol. The van der Waals surface area contributed by atoms with E-state index in [1.807, 2.05) is 0 Å². The van der Waals surface area contributed by atoms with Crippen LogP contribution in [0.1, 0.15) is 32.3 Å². The molecule has 21 heavy (non-hydrogen) atoms. The third kappa shape index (κ3) is 5.59. The molecule has 0 spiro atoms. The standard InChI is InChI=1S/C14H17ClFNO4/c1-14(2,3)21-13(20)17-7-9(12(18)19)8-4-5-10(15)11(16)6-8/h4-6,9H,7H2,1-3H3,(H,17,20)(H,18,19)/t9-/m1/s1. The lowest BCUT2D eigenvalue weighted by Crippen LogP contribution is -2.36. The Balaban J connectivity index is 2.77. The number of halogens is 2. The second kappa shape index (κ2) is 6.76. The summed E-state index contributed by atoms with van der Waals surface area (Å²) in [5, 5.41) is 11.4. The number of carboxylic acid groups (broad SMARTS) is 1. The van der Waals surface area contributed by atoms with Gasteiger partial charge in [-0.3, -0.25) is 4.79 Å². The van der Waals surface area contributed by atoms with E-state index in [1.54, 1.807) is 20.8 Å². The molecule has 0 aliphatic heterocycles. The van der Waals surface area contributed by atoms with E-state index in [2.05, 4.69) is 5.32 Å². The number of hydrogen-bond donors (Lipinski definition) is 2. The van der Waals surface area contributed by atoms with Gasteiger partial charge in [-0.05, 0) is 38.5 Å². The summed E-state index contributed by atoms with van der Waals surface area (Å²) < 4.78 is 18.4. The van der Waals surface area contributed by atoms with Crippen LogP contribution in [0.2, 0.25) is 5.02 Å². The van der Waals surface area contributed by atoms with Gasteiger partial charge in [-0.1, -0.05) is 17.7 Å². The van der Waals surface area contributed by atoms with Gasteiger partial charge in [-0.25, -0.2) is 9.18 Å². The average molecular weight is 318 g/mol. The van der Waals surface area contributed by atoms with Crippen LogP contribution in [0, 0.1) is 5.82 Å². The molecule has 0 aliphatic carbocycles. The van der Waals surface area contributed by atoms with Crippen molar-refractivity contribution >= 4 is 23.7 Å². The molecular weight excluding hydrogens is 301 g/mol. The molecule has 0 bridgehead atoms. The van der Waals surface area contributed by atoms with E-state index in [-0.39, 0.29) is 17.1 Å². The van der Waals surface area contributed by atoms with Crippen LogP contribution in [0.5, 0.6) is 0 Å². The molecule has 1 atom stereocenters. The summed E-state index contributed by atoms with van der Waals surface area (Å²) in [7, 11) is 0. The van der Waals surface area contributed by atoms with Crippen molar-refractivity contribution < 1.29 is 23.8 Å². The lowest BCUT2D eigenvalue weighted by atomic mass is 9.99. The topological polar surface area (TPSA) is 75.6 Å². The first-order chi connectivity index (χ1) is 9.60. The number of hydrogen-bond acceptors (Lipinski definition) is 3. The molecule has 0 saturated carbocycles. The van der Waals surface area contributed by atoms with Gasteiger partial charge in [0.25, 0.3) is 0 Å². The zero-order chi connectivity index (χ0) is 16.2. The van der Waals surface area contributed by atoms with E-state index >= 15 is 0 Å². The molecule has 116 valence electrons. The van der Waals surface area contributed by atoms with Gasteiger partial charge in [0.2, 0.25) is 0 Å². The fraction of sp³-hybridized carbons (Fsp3) is 0.429. The Morgan fingerprint density at radius 1 is 1.43 bits per heavy atom. The van der Waals surface area contributed by atoms with Crippen LogP contribution < -0.4 is 5.32 Å². The molecule has 0 fully saturated rings. The number of amides is 1. The average Bonchev–Trinajstić information content (AvgIpc) is 2.31. The van der Waals surface area contributed by atoms with Gasteiger partial charge in [0, 0.05) is 6.54 Å². The molecular formula is C14H17ClFNO4. The number of ether oxygens (including phenoxy) is 1. The predicted octanol–water partition coefficient (Wildman–Crippen LogP) is 3.17. The minimum atomic E-state index is -1.19. The van der Waals surface area contributed by atoms with Crippen LogP contribution in [0.15, 0.2) is 18.2 Å². The smallest absolute Gasteiger partial charge is 0.407 e. The normalized spacial score (nSPS) is 12.6. The molecule has 1 amide bonds. The number of aliphatic carboxylic acids is 1. The Morgan fingerprint density at radius 2 is 2.05 bits per heavy atom. The zero-order valence-corrected chi connectivity index (χ0v) is 12.7. The maximum atomic E-state index is 13.4. The number of carbonyl (C=O) groups is 2. The van der Waals surface area contributed by atoms with Crippen molar-refractivity contribution in [2.75, 3.05) is 6.54 Å². The van der Waals surface area contributed by atoms with Crippen LogP contribution in [0.4, 0.5) is 9.18 Å². The lowest BCUT2D eigenvalue weighted by molar-refractivity contribution is -0.138. The van der Waals surface area contributed by atoms with Crippen molar-refractivity contribution in [1.29, 1.82) is 0 Å². The highest BCUT2D eigenvalue weighted by Gasteiger charge is 2.23. The van der Waals surface area contributed by atoms with E-state index < -0.39 is 29.4 Å². The molecule has 1 aromatic rings. The predicted molar refractivity (Wildman–Crippen MR) is 76.0 cm³/mol. The van der Waals surface area contributed by atoms with Gasteiger partial charge in [0.15, 0.2) is 0 Å². The maximum Gasteiger partial charge on any atom is 0.407 e. The Labute approximate surface area is 127 Å². The number of carbonyl (C=O) groups excluding carboxylic acids is 1. The Kier molecular flexibility index (Phi) is 5.54. The van der Waals surface area contributed by atoms with Gasteiger partial charge in [0.05, 0.1) is 10.9 Å². The lowest BCUT2D eigenvalue weighted by Gasteiger charge is -2.21. The summed E-state index contributed by atoms with van der Waals surface area (Å²) >= 11 is 5.55. The molecule has 0 radical (unpaired) electrons. The molecule has 0 aromatic heterocycles. The van der Waals surface area contributed by atoms with Crippen LogP contribution in [0.25, 0.3) is 0 Å². The second-order valence-corrected chi connectivity index (χ2v) is 5.85. The van der Waals surface area contributed by atoms with Crippen molar-refractivity contribution in [1.82, 2.24) is 5.32 Å². The quantitative estimate of drug-likeness (QED) is 0.894. The van der Waals surface area contributed by atoms with Crippen molar-refractivity contribution in [3.05, 3.63) is 34.6 Å². The van der Waals surface area contributed by atoms with Crippen LogP contribution in [-0.2, 0) is 9.53 Å². The third-order valence-electron chi connectivity index (χ3n) is 2.49. The van der Waals surface area contributed by atoms with Crippen molar-refractivity contribution in [2.45, 2.75) is 32.3 Å². The zero-order valence-electron chi connectivity index (χ0n) is 11.9. The van der Waals surface area contributed by atoms with E-state index in [9.17, 15) is 19.1 Å². The molecule has 0 heterocycles. The Morgan fingerprint density at radius 3 is 2.52 bits per heavy atom. The Hall–Kier alpha value is -1.82. The molecule has 0 unspecified atom stereocenters. The molecule has 1 rings (SSSR count). The molecule has 5 nitrogen and oxygen atoms in total. The van der Waals surface area contributed by atoms with E-state index in [4.69, 9.17) is 16.3 Å². The van der Waals surface area contributed by atoms with E-state index in [0.717, 1.165) is 6.07 Å². The maximum absolute atomic E-state index is 13.4. The SMILES string of the molecule is CC(C)(C)OC(=O)NC[C@@H](C(=O)O)c1ccc(Cl)c(F)c1. The molecule has 0 aliphatic rings. The van der Waals surface area contributed by atoms with Crippen molar-refractivity contribution in [3.8, 4) is 0 Å². The number of benzene rings is 1. The third-order valence-corrected chi connectivity index (χ3v) is 2.80. The number of carboxylic acids is 1. The summed E-state index contributed by atoms with van der Waals surface area (Å²) in [6.45, 7) is 4.85. The number of rotatable bonds is 4. The van der Waals surface area contributed by atoms with Crippen LogP contribution in [-0.4, -0.2) is 29.3 Å². The minimum absolute atomic E-state index is 0.0945. The summed E-state index contributed by atoms with van der Waals surface area (Å²) in [4.78, 5) is 22.8. The minimum Gasteiger partial charge on any atom is -0.481 e. The summed E-state index contributed by atoms with van der Waals surface area (Å²) in [6.07, 6.45) is -0.733. The van der Waals surface area contributed by atoms with Gasteiger partial charge in [-0.2, -0.15) is 0 Å². The van der Waals surface area contributed by atoms with Gasteiger partial charge in [0.1, 0.15) is 11.4 Å². The van der Waals surface area contributed by atoms with E-state index in [1.165, 1.54) is 12.1 Å². The first-order valence-electron chi connectivity index (χ1n) is 6.25. The summed E-state index contributed by atoms with van der Waals surface area (Å²) in [5.41, 5.74) is -0.477. The highest BCUT2D eigenvalue weighted by molar-refractivity contribution is 6.30. The summed E-state index contributed by atoms with van der Waals surface area (Å²) in [6, 6.07) is 3.72. The van der Waals surface area contributed by atoms with Crippen LogP contribution in [0.3, 0.4) is 0 Å². The first-order valence-corrected chi connectivity index (χ1v) is 6.62. The van der Waals surface area contributed by atoms with Gasteiger partial charge >= 0.3 is 12.1 Å². The largest absolute Gasteiger partial charge is 0.481 e. The fourth-order valence-corrected chi connectivity index (χ4v) is 1.69. The number of nitrogens with one attached hydrogen (secondary N) is 1. The van der Waals surface area contributed by atoms with Crippen molar-refractivity contribution in [3.63, 3.8) is 0 Å². The molecule has 7 heteroatoms. The molecule has 0 saturated heterocycles. The van der Waals surface area contributed by atoms with Crippen molar-refractivity contribution in [2.24, 2.45) is 0 Å². The second-order valence-electron chi connectivity index (χ2n) is 5.45. The van der Waals surface area contributed by atoms with Crippen LogP contribution >= 0.6 is 11.6 Å². The molecule has 2 N–H and O–H groups in total.